The Kier molecular flexibility index (Phi) is 3.73. The summed E-state index contributed by atoms with van der Waals surface area (Å²) in [7, 11) is 0. The van der Waals surface area contributed by atoms with E-state index in [0.717, 1.165) is 6.42 Å². The zero-order valence-electron chi connectivity index (χ0n) is 9.67. The van der Waals surface area contributed by atoms with Crippen LogP contribution in [0.25, 0.3) is 0 Å². The molecule has 0 bridgehead atoms. The molecule has 1 aliphatic carbocycles. The number of urea groups is 1. The average molecular weight is 273 g/mol. The molecule has 1 aliphatic rings. The molecule has 3 N–H and O–H groups in total. The molecule has 0 heterocycles. The van der Waals surface area contributed by atoms with Crippen molar-refractivity contribution in [3.63, 3.8) is 0 Å². The van der Waals surface area contributed by atoms with Crippen LogP contribution in [-0.2, 0) is 0 Å². The molecule has 2 amide bonds. The molecule has 0 saturated heterocycles. The van der Waals surface area contributed by atoms with Crippen LogP contribution in [-0.4, -0.2) is 23.3 Å². The minimum atomic E-state index is -0.801. The predicted octanol–water partition coefficient (Wildman–Crippen LogP) is 2.52. The van der Waals surface area contributed by atoms with Crippen molar-refractivity contribution in [2.45, 2.75) is 24.9 Å². The van der Waals surface area contributed by atoms with Gasteiger partial charge in [0.25, 0.3) is 0 Å². The highest BCUT2D eigenvalue weighted by molar-refractivity contribution is 6.30. The number of hydrogen-bond acceptors (Lipinski definition) is 2. The molecule has 6 heteroatoms. The van der Waals surface area contributed by atoms with E-state index in [0.29, 0.717) is 17.9 Å². The van der Waals surface area contributed by atoms with Gasteiger partial charge in [-0.1, -0.05) is 11.6 Å². The van der Waals surface area contributed by atoms with Crippen molar-refractivity contribution in [2.75, 3.05) is 11.9 Å². The van der Waals surface area contributed by atoms with Gasteiger partial charge in [-0.3, -0.25) is 0 Å². The molecule has 0 radical (unpaired) electrons. The molecule has 0 unspecified atom stereocenters. The van der Waals surface area contributed by atoms with Crippen LogP contribution in [0.15, 0.2) is 18.2 Å². The van der Waals surface area contributed by atoms with Crippen LogP contribution in [0.3, 0.4) is 0 Å². The molecule has 0 atom stereocenters. The highest BCUT2D eigenvalue weighted by Gasteiger charge is 2.34. The Morgan fingerprint density at radius 2 is 2.22 bits per heavy atom. The maximum atomic E-state index is 13.3. The Labute approximate surface area is 109 Å². The van der Waals surface area contributed by atoms with E-state index in [4.69, 9.17) is 11.6 Å². The van der Waals surface area contributed by atoms with E-state index in [2.05, 4.69) is 10.6 Å². The van der Waals surface area contributed by atoms with Gasteiger partial charge in [0, 0.05) is 11.6 Å². The van der Waals surface area contributed by atoms with Crippen molar-refractivity contribution in [1.82, 2.24) is 5.32 Å². The van der Waals surface area contributed by atoms with Crippen LogP contribution in [0.1, 0.15) is 19.3 Å². The van der Waals surface area contributed by atoms with Crippen molar-refractivity contribution < 1.29 is 14.3 Å². The Balaban J connectivity index is 1.88. The van der Waals surface area contributed by atoms with Gasteiger partial charge in [0.05, 0.1) is 11.3 Å². The van der Waals surface area contributed by atoms with Crippen molar-refractivity contribution in [3.8, 4) is 0 Å². The lowest BCUT2D eigenvalue weighted by Gasteiger charge is -2.36. The van der Waals surface area contributed by atoms with E-state index in [9.17, 15) is 14.3 Å². The highest BCUT2D eigenvalue weighted by atomic mass is 35.5. The van der Waals surface area contributed by atoms with E-state index in [-0.39, 0.29) is 12.2 Å². The number of rotatable bonds is 3. The molecule has 98 valence electrons. The molecule has 4 nitrogen and oxygen atoms in total. The number of halogens is 2. The van der Waals surface area contributed by atoms with Gasteiger partial charge in [-0.05, 0) is 37.5 Å². The van der Waals surface area contributed by atoms with E-state index in [1.165, 1.54) is 18.2 Å². The summed E-state index contributed by atoms with van der Waals surface area (Å²) in [5, 5.41) is 15.0. The molecule has 2 rings (SSSR count). The number of nitrogens with one attached hydrogen (secondary N) is 2. The van der Waals surface area contributed by atoms with Crippen LogP contribution in [0.2, 0.25) is 5.02 Å². The smallest absolute Gasteiger partial charge is 0.319 e. The first kappa shape index (κ1) is 13.1. The second-order valence-electron chi connectivity index (χ2n) is 4.51. The second kappa shape index (κ2) is 5.12. The fourth-order valence-corrected chi connectivity index (χ4v) is 1.94. The lowest BCUT2D eigenvalue weighted by molar-refractivity contribution is -0.0287. The summed E-state index contributed by atoms with van der Waals surface area (Å²) in [5.74, 6) is -0.558. The number of amides is 2. The molecule has 18 heavy (non-hydrogen) atoms. The third-order valence-electron chi connectivity index (χ3n) is 3.04. The summed E-state index contributed by atoms with van der Waals surface area (Å²) >= 11 is 5.70. The van der Waals surface area contributed by atoms with Gasteiger partial charge < -0.3 is 15.7 Å². The zero-order valence-corrected chi connectivity index (χ0v) is 10.4. The lowest BCUT2D eigenvalue weighted by atomic mass is 9.80. The molecular formula is C12H14ClFN2O2. The molecule has 1 saturated carbocycles. The Bertz CT molecular complexity index is 463. The van der Waals surface area contributed by atoms with Crippen molar-refractivity contribution in [3.05, 3.63) is 29.0 Å². The van der Waals surface area contributed by atoms with Crippen LogP contribution in [0, 0.1) is 5.82 Å². The third kappa shape index (κ3) is 3.11. The normalized spacial score (nSPS) is 16.8. The monoisotopic (exact) mass is 272 g/mol. The number of carbonyl (C=O) groups is 1. The summed E-state index contributed by atoms with van der Waals surface area (Å²) in [6.45, 7) is 0.168. The van der Waals surface area contributed by atoms with E-state index < -0.39 is 17.4 Å². The van der Waals surface area contributed by atoms with Gasteiger partial charge in [-0.25, -0.2) is 9.18 Å². The van der Waals surface area contributed by atoms with Gasteiger partial charge >= 0.3 is 6.03 Å². The summed E-state index contributed by atoms with van der Waals surface area (Å²) in [6, 6.07) is 3.35. The second-order valence-corrected chi connectivity index (χ2v) is 4.95. The van der Waals surface area contributed by atoms with Crippen LogP contribution in [0.4, 0.5) is 14.9 Å². The fraction of sp³-hybridized carbons (Fsp3) is 0.417. The van der Waals surface area contributed by atoms with Crippen molar-refractivity contribution in [2.24, 2.45) is 0 Å². The maximum Gasteiger partial charge on any atom is 0.319 e. The van der Waals surface area contributed by atoms with E-state index >= 15 is 0 Å². The molecule has 0 spiro atoms. The summed E-state index contributed by atoms with van der Waals surface area (Å²) in [4.78, 5) is 11.5. The quantitative estimate of drug-likeness (QED) is 0.792. The van der Waals surface area contributed by atoms with E-state index in [1.807, 2.05) is 0 Å². The van der Waals surface area contributed by atoms with Crippen LogP contribution >= 0.6 is 11.6 Å². The number of carbonyl (C=O) groups excluding carboxylic acids is 1. The minimum absolute atomic E-state index is 0.0144. The predicted molar refractivity (Wildman–Crippen MR) is 67.2 cm³/mol. The SMILES string of the molecule is O=C(NCC1(O)CCC1)Nc1cc(Cl)ccc1F. The molecular weight excluding hydrogens is 259 g/mol. The molecule has 0 aliphatic heterocycles. The fourth-order valence-electron chi connectivity index (χ4n) is 1.77. The highest BCUT2D eigenvalue weighted by Crippen LogP contribution is 2.30. The van der Waals surface area contributed by atoms with Gasteiger partial charge in [0.2, 0.25) is 0 Å². The van der Waals surface area contributed by atoms with Gasteiger partial charge in [0.15, 0.2) is 0 Å². The number of anilines is 1. The minimum Gasteiger partial charge on any atom is -0.388 e. The number of benzene rings is 1. The number of aliphatic hydroxyl groups is 1. The van der Waals surface area contributed by atoms with Crippen molar-refractivity contribution in [1.29, 1.82) is 0 Å². The topological polar surface area (TPSA) is 61.4 Å². The molecule has 1 aromatic carbocycles. The molecule has 1 fully saturated rings. The van der Waals surface area contributed by atoms with Gasteiger partial charge in [-0.15, -0.1) is 0 Å². The largest absolute Gasteiger partial charge is 0.388 e. The lowest BCUT2D eigenvalue weighted by Crippen LogP contribution is -2.48. The average Bonchev–Trinajstić information content (AvgIpc) is 2.29. The van der Waals surface area contributed by atoms with Gasteiger partial charge in [0.1, 0.15) is 5.82 Å². The standard InChI is InChI=1S/C12H14ClFN2O2/c13-8-2-3-9(14)10(6-8)16-11(17)15-7-12(18)4-1-5-12/h2-3,6,18H,1,4-5,7H2,(H2,15,16,17). The van der Waals surface area contributed by atoms with Crippen LogP contribution in [0.5, 0.6) is 0 Å². The molecule has 1 aromatic rings. The maximum absolute atomic E-state index is 13.3. The summed E-state index contributed by atoms with van der Waals surface area (Å²) < 4.78 is 13.3. The Hall–Kier alpha value is -1.33. The third-order valence-corrected chi connectivity index (χ3v) is 3.27. The zero-order chi connectivity index (χ0) is 13.2. The molecule has 0 aromatic heterocycles. The van der Waals surface area contributed by atoms with Gasteiger partial charge in [-0.2, -0.15) is 0 Å². The van der Waals surface area contributed by atoms with Crippen molar-refractivity contribution >= 4 is 23.3 Å². The first-order valence-corrected chi connectivity index (χ1v) is 6.09. The summed E-state index contributed by atoms with van der Waals surface area (Å²) in [6.07, 6.45) is 2.32. The Morgan fingerprint density at radius 3 is 2.83 bits per heavy atom. The Morgan fingerprint density at radius 1 is 1.50 bits per heavy atom. The van der Waals surface area contributed by atoms with Crippen LogP contribution < -0.4 is 10.6 Å². The first-order valence-electron chi connectivity index (χ1n) is 5.71. The first-order chi connectivity index (χ1) is 8.48. The summed E-state index contributed by atoms with van der Waals surface area (Å²) in [5.41, 5.74) is -0.787. The van der Waals surface area contributed by atoms with E-state index in [1.54, 1.807) is 0 Å². The number of hydrogen-bond donors (Lipinski definition) is 3.